The van der Waals surface area contributed by atoms with E-state index in [-0.39, 0.29) is 0 Å². The van der Waals surface area contributed by atoms with Crippen LogP contribution in [0.5, 0.6) is 0 Å². The van der Waals surface area contributed by atoms with Crippen molar-refractivity contribution >= 4 is 0 Å². The molecular weight excluding hydrogens is 102 g/mol. The number of nitrogens with two attached hydrogens (primary N) is 1. The second-order valence-corrected chi connectivity index (χ2v) is 1.64. The molecule has 2 heteroatoms. The molecule has 0 fully saturated rings. The van der Waals surface area contributed by atoms with E-state index in [1.807, 2.05) is 0 Å². The Kier molecular flexibility index (Phi) is 4.33. The van der Waals surface area contributed by atoms with Crippen LogP contribution in [0.3, 0.4) is 0 Å². The van der Waals surface area contributed by atoms with Crippen molar-refractivity contribution in [1.29, 1.82) is 0 Å². The van der Waals surface area contributed by atoms with Crippen molar-refractivity contribution in [2.75, 3.05) is 6.54 Å². The molecular formula is C6H11NO. The maximum absolute atomic E-state index is 8.83. The standard InChI is InChI=1S/C6H11NO/c1-2-3-6(8)4-5-7/h1,6,8H,3-5,7H2/t6-/m1/s1. The predicted octanol–water partition coefficient (Wildman–Crippen LogP) is -0.281. The summed E-state index contributed by atoms with van der Waals surface area (Å²) >= 11 is 0. The summed E-state index contributed by atoms with van der Waals surface area (Å²) in [6.07, 6.45) is 5.53. The summed E-state index contributed by atoms with van der Waals surface area (Å²) < 4.78 is 0. The van der Waals surface area contributed by atoms with Crippen molar-refractivity contribution in [1.82, 2.24) is 0 Å². The van der Waals surface area contributed by atoms with Crippen LogP contribution in [0.2, 0.25) is 0 Å². The van der Waals surface area contributed by atoms with Gasteiger partial charge in [-0.05, 0) is 13.0 Å². The molecule has 0 heterocycles. The first kappa shape index (κ1) is 7.48. The van der Waals surface area contributed by atoms with Gasteiger partial charge in [-0.25, -0.2) is 0 Å². The zero-order chi connectivity index (χ0) is 6.41. The molecule has 8 heavy (non-hydrogen) atoms. The fraction of sp³-hybridized carbons (Fsp3) is 0.667. The average Bonchev–Trinajstić information content (AvgIpc) is 1.68. The van der Waals surface area contributed by atoms with E-state index in [1.165, 1.54) is 0 Å². The number of hydrogen-bond acceptors (Lipinski definition) is 2. The topological polar surface area (TPSA) is 46.2 Å². The van der Waals surface area contributed by atoms with Gasteiger partial charge < -0.3 is 10.8 Å². The highest BCUT2D eigenvalue weighted by molar-refractivity contribution is 4.86. The minimum absolute atomic E-state index is 0.398. The van der Waals surface area contributed by atoms with Gasteiger partial charge in [-0.3, -0.25) is 0 Å². The number of aliphatic hydroxyl groups is 1. The third-order valence-corrected chi connectivity index (χ3v) is 0.853. The van der Waals surface area contributed by atoms with Gasteiger partial charge >= 0.3 is 0 Å². The van der Waals surface area contributed by atoms with E-state index >= 15 is 0 Å². The molecule has 0 bridgehead atoms. The third-order valence-electron chi connectivity index (χ3n) is 0.853. The summed E-state index contributed by atoms with van der Waals surface area (Å²) in [5.74, 6) is 2.35. The number of rotatable bonds is 3. The zero-order valence-corrected chi connectivity index (χ0v) is 4.80. The van der Waals surface area contributed by atoms with Gasteiger partial charge in [0.1, 0.15) is 0 Å². The zero-order valence-electron chi connectivity index (χ0n) is 4.80. The van der Waals surface area contributed by atoms with Gasteiger partial charge in [0.15, 0.2) is 0 Å². The van der Waals surface area contributed by atoms with Crippen molar-refractivity contribution < 1.29 is 5.11 Å². The lowest BCUT2D eigenvalue weighted by atomic mass is 10.2. The van der Waals surface area contributed by atoms with Crippen LogP contribution in [0.25, 0.3) is 0 Å². The van der Waals surface area contributed by atoms with Gasteiger partial charge in [-0.2, -0.15) is 0 Å². The van der Waals surface area contributed by atoms with Gasteiger partial charge in [0.2, 0.25) is 0 Å². The first-order chi connectivity index (χ1) is 3.81. The summed E-state index contributed by atoms with van der Waals surface area (Å²) in [4.78, 5) is 0. The first-order valence-electron chi connectivity index (χ1n) is 2.63. The second kappa shape index (κ2) is 4.63. The molecule has 2 nitrogen and oxygen atoms in total. The van der Waals surface area contributed by atoms with Crippen LogP contribution in [0, 0.1) is 12.3 Å². The molecule has 0 rings (SSSR count). The van der Waals surface area contributed by atoms with Crippen LogP contribution in [0.1, 0.15) is 12.8 Å². The van der Waals surface area contributed by atoms with Gasteiger partial charge in [0, 0.05) is 6.42 Å². The summed E-state index contributed by atoms with van der Waals surface area (Å²) in [5, 5.41) is 8.83. The highest BCUT2D eigenvalue weighted by Crippen LogP contribution is 1.92. The maximum Gasteiger partial charge on any atom is 0.0661 e. The molecule has 0 unspecified atom stereocenters. The SMILES string of the molecule is C#CC[C@@H](O)CCN. The molecule has 0 aliphatic carbocycles. The number of aliphatic hydroxyl groups excluding tert-OH is 1. The Morgan fingerprint density at radius 1 is 1.75 bits per heavy atom. The third kappa shape index (κ3) is 3.66. The Morgan fingerprint density at radius 3 is 2.75 bits per heavy atom. The Balaban J connectivity index is 3.08. The highest BCUT2D eigenvalue weighted by atomic mass is 16.3. The number of terminal acetylenes is 1. The van der Waals surface area contributed by atoms with Crippen LogP contribution in [0.15, 0.2) is 0 Å². The lowest BCUT2D eigenvalue weighted by molar-refractivity contribution is 0.173. The Hall–Kier alpha value is -0.520. The largest absolute Gasteiger partial charge is 0.392 e. The average molecular weight is 113 g/mol. The molecule has 0 amide bonds. The summed E-state index contributed by atoms with van der Waals surface area (Å²) in [6, 6.07) is 0. The fourth-order valence-corrected chi connectivity index (χ4v) is 0.430. The molecule has 0 aromatic carbocycles. The van der Waals surface area contributed by atoms with E-state index < -0.39 is 6.10 Å². The lowest BCUT2D eigenvalue weighted by Gasteiger charge is -2.01. The van der Waals surface area contributed by atoms with Crippen molar-refractivity contribution in [3.63, 3.8) is 0 Å². The summed E-state index contributed by atoms with van der Waals surface area (Å²) in [7, 11) is 0. The molecule has 0 spiro atoms. The molecule has 0 aromatic rings. The number of hydrogen-bond donors (Lipinski definition) is 2. The van der Waals surface area contributed by atoms with E-state index in [9.17, 15) is 0 Å². The lowest BCUT2D eigenvalue weighted by Crippen LogP contribution is -2.12. The quantitative estimate of drug-likeness (QED) is 0.494. The van der Waals surface area contributed by atoms with E-state index in [2.05, 4.69) is 5.92 Å². The van der Waals surface area contributed by atoms with Crippen LogP contribution in [-0.2, 0) is 0 Å². The van der Waals surface area contributed by atoms with Gasteiger partial charge in [-0.15, -0.1) is 12.3 Å². The van der Waals surface area contributed by atoms with Crippen molar-refractivity contribution in [2.45, 2.75) is 18.9 Å². The van der Waals surface area contributed by atoms with E-state index in [4.69, 9.17) is 17.3 Å². The molecule has 46 valence electrons. The van der Waals surface area contributed by atoms with Crippen LogP contribution in [0.4, 0.5) is 0 Å². The van der Waals surface area contributed by atoms with Crippen molar-refractivity contribution in [2.24, 2.45) is 5.73 Å². The van der Waals surface area contributed by atoms with E-state index in [0.717, 1.165) is 0 Å². The summed E-state index contributed by atoms with van der Waals surface area (Å²) in [6.45, 7) is 0.503. The van der Waals surface area contributed by atoms with E-state index in [1.54, 1.807) is 0 Å². The Bertz CT molecular complexity index is 85.0. The Labute approximate surface area is 49.7 Å². The van der Waals surface area contributed by atoms with Crippen LogP contribution >= 0.6 is 0 Å². The van der Waals surface area contributed by atoms with Crippen molar-refractivity contribution in [3.05, 3.63) is 0 Å². The summed E-state index contributed by atoms with van der Waals surface area (Å²) in [5.41, 5.74) is 5.13. The smallest absolute Gasteiger partial charge is 0.0661 e. The molecule has 0 radical (unpaired) electrons. The Morgan fingerprint density at radius 2 is 2.38 bits per heavy atom. The predicted molar refractivity (Wildman–Crippen MR) is 33.1 cm³/mol. The first-order valence-corrected chi connectivity index (χ1v) is 2.63. The molecule has 0 saturated carbocycles. The van der Waals surface area contributed by atoms with E-state index in [0.29, 0.717) is 19.4 Å². The van der Waals surface area contributed by atoms with Gasteiger partial charge in [-0.1, -0.05) is 0 Å². The minimum atomic E-state index is -0.398. The fourth-order valence-electron chi connectivity index (χ4n) is 0.430. The normalized spacial score (nSPS) is 12.6. The maximum atomic E-state index is 8.83. The molecule has 0 aromatic heterocycles. The monoisotopic (exact) mass is 113 g/mol. The minimum Gasteiger partial charge on any atom is -0.392 e. The van der Waals surface area contributed by atoms with Crippen LogP contribution in [-0.4, -0.2) is 17.8 Å². The van der Waals surface area contributed by atoms with Gasteiger partial charge in [0.05, 0.1) is 6.10 Å². The second-order valence-electron chi connectivity index (χ2n) is 1.64. The molecule has 0 aliphatic rings. The highest BCUT2D eigenvalue weighted by Gasteiger charge is 1.96. The molecule has 3 N–H and O–H groups in total. The molecule has 1 atom stereocenters. The van der Waals surface area contributed by atoms with Gasteiger partial charge in [0.25, 0.3) is 0 Å². The van der Waals surface area contributed by atoms with Crippen molar-refractivity contribution in [3.8, 4) is 12.3 Å². The molecule has 0 saturated heterocycles. The molecule has 0 aliphatic heterocycles. The van der Waals surface area contributed by atoms with Crippen LogP contribution < -0.4 is 5.73 Å².